The zero-order valence-electron chi connectivity index (χ0n) is 11.5. The van der Waals surface area contributed by atoms with Crippen LogP contribution >= 0.6 is 0 Å². The molecule has 5 heteroatoms. The Morgan fingerprint density at radius 3 is 2.56 bits per heavy atom. The highest BCUT2D eigenvalue weighted by atomic mass is 16.5. The Balaban J connectivity index is 2.73. The van der Waals surface area contributed by atoms with Gasteiger partial charge in [-0.3, -0.25) is 0 Å². The molecule has 0 aliphatic heterocycles. The summed E-state index contributed by atoms with van der Waals surface area (Å²) < 4.78 is 10.2. The van der Waals surface area contributed by atoms with Crippen molar-refractivity contribution in [3.05, 3.63) is 17.8 Å². The van der Waals surface area contributed by atoms with E-state index in [1.165, 1.54) is 0 Å². The second-order valence-electron chi connectivity index (χ2n) is 4.25. The molecule has 1 aromatic heterocycles. The summed E-state index contributed by atoms with van der Waals surface area (Å²) in [7, 11) is 3.40. The van der Waals surface area contributed by atoms with Gasteiger partial charge in [0.2, 0.25) is 0 Å². The molecule has 102 valence electrons. The molecule has 18 heavy (non-hydrogen) atoms. The number of aryl methyl sites for hydroxylation is 1. The van der Waals surface area contributed by atoms with E-state index < -0.39 is 0 Å². The summed E-state index contributed by atoms with van der Waals surface area (Å²) in [6.45, 7) is 5.01. The molecular formula is C13H23N3O2. The molecule has 0 saturated heterocycles. The molecule has 0 fully saturated rings. The van der Waals surface area contributed by atoms with E-state index in [1.54, 1.807) is 14.2 Å². The maximum Gasteiger partial charge on any atom is 0.151 e. The van der Waals surface area contributed by atoms with Crippen LogP contribution in [0.5, 0.6) is 0 Å². The first-order valence-electron chi connectivity index (χ1n) is 6.14. The lowest BCUT2D eigenvalue weighted by Gasteiger charge is -2.24. The van der Waals surface area contributed by atoms with Crippen LogP contribution < -0.4 is 10.6 Å². The third kappa shape index (κ3) is 4.50. The van der Waals surface area contributed by atoms with Gasteiger partial charge in [-0.15, -0.1) is 0 Å². The summed E-state index contributed by atoms with van der Waals surface area (Å²) in [6, 6.07) is 1.94. The summed E-state index contributed by atoms with van der Waals surface area (Å²) in [5.41, 5.74) is 7.80. The second-order valence-corrected chi connectivity index (χ2v) is 4.25. The lowest BCUT2D eigenvalue weighted by atomic mass is 10.2. The van der Waals surface area contributed by atoms with Gasteiger partial charge >= 0.3 is 0 Å². The van der Waals surface area contributed by atoms with Crippen molar-refractivity contribution in [3.63, 3.8) is 0 Å². The molecule has 5 nitrogen and oxygen atoms in total. The monoisotopic (exact) mass is 253 g/mol. The van der Waals surface area contributed by atoms with E-state index in [-0.39, 0.29) is 0 Å². The first kappa shape index (κ1) is 14.7. The van der Waals surface area contributed by atoms with E-state index in [1.807, 2.05) is 19.2 Å². The van der Waals surface area contributed by atoms with Crippen molar-refractivity contribution in [2.24, 2.45) is 0 Å². The fourth-order valence-electron chi connectivity index (χ4n) is 1.77. The van der Waals surface area contributed by atoms with Crippen LogP contribution in [0.1, 0.15) is 12.0 Å². The number of hydrogen-bond donors (Lipinski definition) is 1. The first-order chi connectivity index (χ1) is 8.69. The average Bonchev–Trinajstić information content (AvgIpc) is 2.34. The van der Waals surface area contributed by atoms with Crippen LogP contribution in [0.15, 0.2) is 12.3 Å². The summed E-state index contributed by atoms with van der Waals surface area (Å²) in [5.74, 6) is 0.828. The molecule has 1 aromatic rings. The van der Waals surface area contributed by atoms with Gasteiger partial charge in [0, 0.05) is 40.1 Å². The third-order valence-corrected chi connectivity index (χ3v) is 2.67. The third-order valence-electron chi connectivity index (χ3n) is 2.67. The minimum absolute atomic E-state index is 0.655. The van der Waals surface area contributed by atoms with Gasteiger partial charge in [-0.05, 0) is 25.0 Å². The van der Waals surface area contributed by atoms with Gasteiger partial charge in [0.1, 0.15) is 0 Å². The number of ether oxygens (including phenoxy) is 2. The van der Waals surface area contributed by atoms with Crippen molar-refractivity contribution < 1.29 is 9.47 Å². The molecule has 0 aromatic carbocycles. The summed E-state index contributed by atoms with van der Waals surface area (Å²) >= 11 is 0. The Labute approximate surface area is 109 Å². The van der Waals surface area contributed by atoms with Gasteiger partial charge in [0.15, 0.2) is 5.82 Å². The van der Waals surface area contributed by atoms with Gasteiger partial charge in [-0.2, -0.15) is 0 Å². The molecule has 0 atom stereocenters. The predicted molar refractivity (Wildman–Crippen MR) is 74.0 cm³/mol. The SMILES string of the molecule is COCCCN(CCOC)c1ncc(C)cc1N. The quantitative estimate of drug-likeness (QED) is 0.711. The number of methoxy groups -OCH3 is 2. The van der Waals surface area contributed by atoms with E-state index in [2.05, 4.69) is 9.88 Å². The standard InChI is InChI=1S/C13H23N3O2/c1-11-9-12(14)13(15-10-11)16(6-8-18-3)5-4-7-17-2/h9-10H,4-8,14H2,1-3H3. The van der Waals surface area contributed by atoms with Crippen LogP contribution in [0.25, 0.3) is 0 Å². The Morgan fingerprint density at radius 1 is 1.22 bits per heavy atom. The molecule has 2 N–H and O–H groups in total. The number of nitrogen functional groups attached to an aromatic ring is 1. The molecule has 0 amide bonds. The molecule has 0 bridgehead atoms. The van der Waals surface area contributed by atoms with Crippen LogP contribution in [-0.4, -0.2) is 45.5 Å². The molecule has 0 aliphatic carbocycles. The van der Waals surface area contributed by atoms with Crippen molar-refractivity contribution in [2.45, 2.75) is 13.3 Å². The predicted octanol–water partition coefficient (Wildman–Crippen LogP) is 1.46. The number of nitrogens with two attached hydrogens (primary N) is 1. The second kappa shape index (κ2) is 7.89. The first-order valence-corrected chi connectivity index (χ1v) is 6.14. The fraction of sp³-hybridized carbons (Fsp3) is 0.615. The Kier molecular flexibility index (Phi) is 6.46. The Morgan fingerprint density at radius 2 is 1.94 bits per heavy atom. The van der Waals surface area contributed by atoms with E-state index >= 15 is 0 Å². The highest BCUT2D eigenvalue weighted by Crippen LogP contribution is 2.20. The lowest BCUT2D eigenvalue weighted by molar-refractivity contribution is 0.191. The van der Waals surface area contributed by atoms with Gasteiger partial charge in [-0.1, -0.05) is 0 Å². The zero-order chi connectivity index (χ0) is 13.4. The van der Waals surface area contributed by atoms with Gasteiger partial charge < -0.3 is 20.1 Å². The fourth-order valence-corrected chi connectivity index (χ4v) is 1.77. The molecule has 1 heterocycles. The highest BCUT2D eigenvalue weighted by Gasteiger charge is 2.11. The zero-order valence-corrected chi connectivity index (χ0v) is 11.5. The van der Waals surface area contributed by atoms with E-state index in [0.717, 1.165) is 37.5 Å². The molecule has 0 saturated carbocycles. The average molecular weight is 253 g/mol. The highest BCUT2D eigenvalue weighted by molar-refractivity contribution is 5.63. The van der Waals surface area contributed by atoms with Crippen molar-refractivity contribution >= 4 is 11.5 Å². The summed E-state index contributed by atoms with van der Waals surface area (Å²) in [6.07, 6.45) is 2.77. The maximum atomic E-state index is 6.02. The number of anilines is 2. The Bertz CT molecular complexity index is 358. The van der Waals surface area contributed by atoms with Gasteiger partial charge in [-0.25, -0.2) is 4.98 Å². The largest absolute Gasteiger partial charge is 0.396 e. The smallest absolute Gasteiger partial charge is 0.151 e. The lowest BCUT2D eigenvalue weighted by Crippen LogP contribution is -2.30. The minimum atomic E-state index is 0.655. The Hall–Kier alpha value is -1.33. The minimum Gasteiger partial charge on any atom is -0.396 e. The van der Waals surface area contributed by atoms with E-state index in [0.29, 0.717) is 12.3 Å². The summed E-state index contributed by atoms with van der Waals surface area (Å²) in [4.78, 5) is 6.55. The topological polar surface area (TPSA) is 60.6 Å². The van der Waals surface area contributed by atoms with Crippen LogP contribution in [-0.2, 0) is 9.47 Å². The van der Waals surface area contributed by atoms with Crippen molar-refractivity contribution in [1.29, 1.82) is 0 Å². The van der Waals surface area contributed by atoms with Crippen molar-refractivity contribution in [3.8, 4) is 0 Å². The molecule has 0 radical (unpaired) electrons. The van der Waals surface area contributed by atoms with Gasteiger partial charge in [0.25, 0.3) is 0 Å². The number of pyridine rings is 1. The number of nitrogens with zero attached hydrogens (tertiary/aromatic N) is 2. The molecule has 1 rings (SSSR count). The molecular weight excluding hydrogens is 230 g/mol. The van der Waals surface area contributed by atoms with Crippen LogP contribution in [0.3, 0.4) is 0 Å². The van der Waals surface area contributed by atoms with Crippen LogP contribution in [0.4, 0.5) is 11.5 Å². The van der Waals surface area contributed by atoms with E-state index in [9.17, 15) is 0 Å². The van der Waals surface area contributed by atoms with Crippen molar-refractivity contribution in [2.75, 3.05) is 51.2 Å². The molecule has 0 aliphatic rings. The van der Waals surface area contributed by atoms with Crippen molar-refractivity contribution in [1.82, 2.24) is 4.98 Å². The van der Waals surface area contributed by atoms with Crippen LogP contribution in [0, 0.1) is 6.92 Å². The number of aromatic nitrogens is 1. The van der Waals surface area contributed by atoms with Crippen LogP contribution in [0.2, 0.25) is 0 Å². The van der Waals surface area contributed by atoms with Gasteiger partial charge in [0.05, 0.1) is 12.3 Å². The maximum absolute atomic E-state index is 6.02. The number of hydrogen-bond acceptors (Lipinski definition) is 5. The number of rotatable bonds is 8. The normalized spacial score (nSPS) is 10.6. The molecule has 0 spiro atoms. The van der Waals surface area contributed by atoms with E-state index in [4.69, 9.17) is 15.2 Å². The molecule has 0 unspecified atom stereocenters. The summed E-state index contributed by atoms with van der Waals surface area (Å²) in [5, 5.41) is 0.